The van der Waals surface area contributed by atoms with Crippen LogP contribution in [-0.2, 0) is 4.74 Å². The van der Waals surface area contributed by atoms with E-state index in [2.05, 4.69) is 13.5 Å². The molecule has 0 saturated heterocycles. The van der Waals surface area contributed by atoms with Crippen LogP contribution in [0.1, 0.15) is 32.6 Å². The predicted octanol–water partition coefficient (Wildman–Crippen LogP) is 1.72. The monoisotopic (exact) mass is 173 g/mol. The fraction of sp³-hybridized carbons (Fsp3) is 0.889. The van der Waals surface area contributed by atoms with E-state index >= 15 is 0 Å². The molecule has 1 N–H and O–H groups in total. The van der Waals surface area contributed by atoms with Crippen molar-refractivity contribution in [2.75, 3.05) is 19.8 Å². The molecule has 3 nitrogen and oxygen atoms in total. The molecule has 0 amide bonds. The lowest BCUT2D eigenvalue weighted by Gasteiger charge is -2.00. The van der Waals surface area contributed by atoms with Crippen molar-refractivity contribution >= 4 is 0 Å². The van der Waals surface area contributed by atoms with Crippen LogP contribution in [-0.4, -0.2) is 24.9 Å². The summed E-state index contributed by atoms with van der Waals surface area (Å²) in [5, 5.41) is 14.9. The Morgan fingerprint density at radius 2 is 1.75 bits per heavy atom. The van der Waals surface area contributed by atoms with Gasteiger partial charge in [0.1, 0.15) is 0 Å². The standard InChI is InChI=1S/C8H18O2.CHN/c1-2-3-4-7-10-8-5-6-9;1-2/h9H,2-8H2,1H3;1H. The van der Waals surface area contributed by atoms with E-state index in [1.165, 1.54) is 12.8 Å². The maximum Gasteiger partial charge on any atom is 0.0487 e. The molecule has 0 aromatic heterocycles. The molecule has 0 spiro atoms. The van der Waals surface area contributed by atoms with Gasteiger partial charge in [-0.2, -0.15) is 0 Å². The molecule has 0 aromatic rings. The zero-order chi connectivity index (χ0) is 9.66. The van der Waals surface area contributed by atoms with Crippen molar-refractivity contribution in [1.29, 1.82) is 5.26 Å². The number of hydrogen-bond donors (Lipinski definition) is 1. The van der Waals surface area contributed by atoms with Crippen molar-refractivity contribution in [2.24, 2.45) is 0 Å². The molecular weight excluding hydrogens is 154 g/mol. The lowest BCUT2D eigenvalue weighted by atomic mass is 10.3. The van der Waals surface area contributed by atoms with E-state index in [1.807, 2.05) is 0 Å². The summed E-state index contributed by atoms with van der Waals surface area (Å²) < 4.78 is 5.22. The number of unbranched alkanes of at least 4 members (excludes halogenated alkanes) is 2. The molecule has 0 aromatic carbocycles. The number of nitrogens with zero attached hydrogens (tertiary/aromatic N) is 1. The minimum atomic E-state index is 0.244. The van der Waals surface area contributed by atoms with Crippen LogP contribution in [0.25, 0.3) is 0 Å². The number of nitriles is 1. The first kappa shape index (κ1) is 14.0. The average molecular weight is 173 g/mol. The number of aliphatic hydroxyl groups is 1. The molecule has 0 aliphatic heterocycles. The predicted molar refractivity (Wildman–Crippen MR) is 48.7 cm³/mol. The summed E-state index contributed by atoms with van der Waals surface area (Å²) in [6.07, 6.45) is 4.41. The minimum absolute atomic E-state index is 0.244. The normalized spacial score (nSPS) is 8.67. The second-order valence-electron chi connectivity index (χ2n) is 2.40. The van der Waals surface area contributed by atoms with Gasteiger partial charge in [0, 0.05) is 26.4 Å². The molecule has 0 atom stereocenters. The van der Waals surface area contributed by atoms with Crippen LogP contribution in [0.15, 0.2) is 0 Å². The van der Waals surface area contributed by atoms with Crippen molar-refractivity contribution in [2.45, 2.75) is 32.6 Å². The molecule has 0 unspecified atom stereocenters. The van der Waals surface area contributed by atoms with Crippen LogP contribution >= 0.6 is 0 Å². The summed E-state index contributed by atoms with van der Waals surface area (Å²) in [6, 6.07) is 0. The smallest absolute Gasteiger partial charge is 0.0487 e. The number of rotatable bonds is 7. The molecule has 0 aliphatic rings. The lowest BCUT2D eigenvalue weighted by molar-refractivity contribution is 0.113. The zero-order valence-electron chi connectivity index (χ0n) is 7.83. The van der Waals surface area contributed by atoms with Gasteiger partial charge < -0.3 is 9.84 Å². The highest BCUT2D eigenvalue weighted by molar-refractivity contribution is 4.36. The van der Waals surface area contributed by atoms with Crippen molar-refractivity contribution in [3.8, 4) is 6.57 Å². The first-order valence-electron chi connectivity index (χ1n) is 4.36. The van der Waals surface area contributed by atoms with Crippen molar-refractivity contribution in [3.63, 3.8) is 0 Å². The molecule has 0 saturated carbocycles. The summed E-state index contributed by atoms with van der Waals surface area (Å²) in [5.41, 5.74) is 0. The third-order valence-electron chi connectivity index (χ3n) is 1.34. The van der Waals surface area contributed by atoms with Crippen molar-refractivity contribution in [3.05, 3.63) is 0 Å². The second-order valence-corrected chi connectivity index (χ2v) is 2.40. The summed E-state index contributed by atoms with van der Waals surface area (Å²) in [4.78, 5) is 0. The number of aliphatic hydroxyl groups excluding tert-OH is 1. The summed E-state index contributed by atoms with van der Waals surface area (Å²) in [7, 11) is 0. The van der Waals surface area contributed by atoms with Gasteiger partial charge in [-0.25, -0.2) is 5.26 Å². The molecule has 0 rings (SSSR count). The molecule has 12 heavy (non-hydrogen) atoms. The van der Waals surface area contributed by atoms with E-state index < -0.39 is 0 Å². The molecule has 3 heteroatoms. The number of hydrogen-bond acceptors (Lipinski definition) is 3. The first-order valence-corrected chi connectivity index (χ1v) is 4.36. The van der Waals surface area contributed by atoms with Crippen LogP contribution in [0, 0.1) is 11.8 Å². The van der Waals surface area contributed by atoms with E-state index in [1.54, 1.807) is 0 Å². The minimum Gasteiger partial charge on any atom is -0.396 e. The fourth-order valence-electron chi connectivity index (χ4n) is 0.723. The molecule has 72 valence electrons. The van der Waals surface area contributed by atoms with Gasteiger partial charge in [-0.05, 0) is 12.8 Å². The zero-order valence-corrected chi connectivity index (χ0v) is 7.83. The van der Waals surface area contributed by atoms with Gasteiger partial charge >= 0.3 is 0 Å². The topological polar surface area (TPSA) is 53.2 Å². The SMILES string of the molecule is C#N.CCCCCOCCCO. The Hall–Kier alpha value is -0.590. The molecular formula is C9H19NO2. The van der Waals surface area contributed by atoms with Crippen molar-refractivity contribution in [1.82, 2.24) is 0 Å². The highest BCUT2D eigenvalue weighted by atomic mass is 16.5. The molecule has 0 heterocycles. The lowest BCUT2D eigenvalue weighted by Crippen LogP contribution is -1.98. The summed E-state index contributed by atoms with van der Waals surface area (Å²) >= 11 is 0. The molecule has 0 radical (unpaired) electrons. The highest BCUT2D eigenvalue weighted by Gasteiger charge is 1.86. The Bertz CT molecular complexity index is 75.8. The van der Waals surface area contributed by atoms with Gasteiger partial charge in [-0.1, -0.05) is 19.8 Å². The number of ether oxygens (including phenoxy) is 1. The Balaban J connectivity index is 0. The van der Waals surface area contributed by atoms with E-state index in [0.717, 1.165) is 19.4 Å². The van der Waals surface area contributed by atoms with Gasteiger partial charge in [0.15, 0.2) is 0 Å². The van der Waals surface area contributed by atoms with Gasteiger partial charge in [0.2, 0.25) is 0 Å². The van der Waals surface area contributed by atoms with Crippen LogP contribution in [0.3, 0.4) is 0 Å². The Kier molecular flexibility index (Phi) is 19.5. The van der Waals surface area contributed by atoms with Crippen LogP contribution in [0.4, 0.5) is 0 Å². The Morgan fingerprint density at radius 1 is 1.17 bits per heavy atom. The molecule has 0 fully saturated rings. The van der Waals surface area contributed by atoms with Crippen LogP contribution in [0.5, 0.6) is 0 Å². The maximum absolute atomic E-state index is 8.39. The van der Waals surface area contributed by atoms with Gasteiger partial charge in [-0.3, -0.25) is 0 Å². The van der Waals surface area contributed by atoms with Crippen molar-refractivity contribution < 1.29 is 9.84 Å². The van der Waals surface area contributed by atoms with Gasteiger partial charge in [0.05, 0.1) is 0 Å². The van der Waals surface area contributed by atoms with Crippen LogP contribution in [0.2, 0.25) is 0 Å². The fourth-order valence-corrected chi connectivity index (χ4v) is 0.723. The largest absolute Gasteiger partial charge is 0.396 e. The van der Waals surface area contributed by atoms with E-state index in [0.29, 0.717) is 6.61 Å². The quantitative estimate of drug-likeness (QED) is 0.596. The van der Waals surface area contributed by atoms with Gasteiger partial charge in [-0.15, -0.1) is 0 Å². The van der Waals surface area contributed by atoms with E-state index in [4.69, 9.17) is 15.1 Å². The third-order valence-corrected chi connectivity index (χ3v) is 1.34. The maximum atomic E-state index is 8.39. The second kappa shape index (κ2) is 16.8. The highest BCUT2D eigenvalue weighted by Crippen LogP contribution is 1.94. The summed E-state index contributed by atoms with van der Waals surface area (Å²) in [5.74, 6) is 0. The van der Waals surface area contributed by atoms with E-state index in [-0.39, 0.29) is 6.61 Å². The van der Waals surface area contributed by atoms with Crippen LogP contribution < -0.4 is 0 Å². The van der Waals surface area contributed by atoms with E-state index in [9.17, 15) is 0 Å². The molecule has 0 bridgehead atoms. The Morgan fingerprint density at radius 3 is 2.25 bits per heavy atom. The first-order chi connectivity index (χ1) is 5.91. The third kappa shape index (κ3) is 16.2. The Labute approximate surface area is 75.0 Å². The average Bonchev–Trinajstić information content (AvgIpc) is 2.15. The summed E-state index contributed by atoms with van der Waals surface area (Å²) in [6.45, 7) is 7.48. The van der Waals surface area contributed by atoms with Gasteiger partial charge in [0.25, 0.3) is 0 Å². The molecule has 0 aliphatic carbocycles.